The second kappa shape index (κ2) is 6.61. The van der Waals surface area contributed by atoms with Gasteiger partial charge in [-0.05, 0) is 52.5 Å². The largest absolute Gasteiger partial charge is 0.305 e. The van der Waals surface area contributed by atoms with E-state index in [-0.39, 0.29) is 11.4 Å². The van der Waals surface area contributed by atoms with Gasteiger partial charge in [0.15, 0.2) is 0 Å². The highest BCUT2D eigenvalue weighted by Gasteiger charge is 2.18. The number of tetrazole rings is 1. The first-order valence-corrected chi connectivity index (χ1v) is 7.55. The molecule has 0 unspecified atom stereocenters. The first-order chi connectivity index (χ1) is 11.6. The van der Waals surface area contributed by atoms with E-state index in [2.05, 4.69) is 20.5 Å². The van der Waals surface area contributed by atoms with Crippen molar-refractivity contribution in [3.8, 4) is 11.8 Å². The van der Waals surface area contributed by atoms with Gasteiger partial charge in [0, 0.05) is 11.1 Å². The van der Waals surface area contributed by atoms with Gasteiger partial charge in [-0.2, -0.15) is 9.94 Å². The molecule has 24 heavy (non-hydrogen) atoms. The van der Waals surface area contributed by atoms with E-state index in [0.29, 0.717) is 20.9 Å². The Labute approximate surface area is 144 Å². The van der Waals surface area contributed by atoms with Crippen LogP contribution in [-0.2, 0) is 0 Å². The van der Waals surface area contributed by atoms with Crippen LogP contribution in [0.2, 0.25) is 5.02 Å². The van der Waals surface area contributed by atoms with Crippen molar-refractivity contribution in [2.75, 3.05) is 0 Å². The number of halogens is 1. The molecule has 3 rings (SSSR count). The second-order valence-corrected chi connectivity index (χ2v) is 5.76. The fraction of sp³-hybridized carbons (Fsp3) is 0. The van der Waals surface area contributed by atoms with Crippen LogP contribution in [0.5, 0.6) is 0 Å². The summed E-state index contributed by atoms with van der Waals surface area (Å²) >= 11 is 6.93. The Kier molecular flexibility index (Phi) is 4.37. The summed E-state index contributed by atoms with van der Waals surface area (Å²) in [6.45, 7) is 0. The third kappa shape index (κ3) is 3.17. The van der Waals surface area contributed by atoms with Crippen LogP contribution in [0.3, 0.4) is 0 Å². The first kappa shape index (κ1) is 15.9. The molecule has 0 saturated carbocycles. The minimum Gasteiger partial charge on any atom is -0.258 e. The van der Waals surface area contributed by atoms with Gasteiger partial charge in [-0.1, -0.05) is 11.6 Å². The summed E-state index contributed by atoms with van der Waals surface area (Å²) in [4.78, 5) is 14.1. The Morgan fingerprint density at radius 3 is 2.67 bits per heavy atom. The molecule has 1 aromatic carbocycles. The maximum atomic E-state index is 10.8. The molecule has 0 amide bonds. The minimum atomic E-state index is -0.655. The van der Waals surface area contributed by atoms with Gasteiger partial charge in [0.05, 0.1) is 10.6 Å². The van der Waals surface area contributed by atoms with E-state index < -0.39 is 4.92 Å². The van der Waals surface area contributed by atoms with E-state index in [1.807, 2.05) is 0 Å². The van der Waals surface area contributed by atoms with E-state index >= 15 is 0 Å². The molecule has 118 valence electrons. The zero-order valence-electron chi connectivity index (χ0n) is 11.7. The second-order valence-electron chi connectivity index (χ2n) is 4.34. The smallest absolute Gasteiger partial charge is 0.258 e. The first-order valence-electron chi connectivity index (χ1n) is 6.36. The van der Waals surface area contributed by atoms with Crippen LogP contribution in [-0.4, -0.2) is 30.1 Å². The fourth-order valence-electron chi connectivity index (χ4n) is 1.80. The van der Waals surface area contributed by atoms with Crippen molar-refractivity contribution in [3.63, 3.8) is 0 Å². The topological polar surface area (TPSA) is 123 Å². The van der Waals surface area contributed by atoms with E-state index in [4.69, 9.17) is 16.9 Å². The van der Waals surface area contributed by atoms with Crippen LogP contribution < -0.4 is 0 Å². The van der Waals surface area contributed by atoms with Crippen molar-refractivity contribution in [3.05, 3.63) is 57.2 Å². The Bertz CT molecular complexity index is 952. The third-order valence-corrected chi connectivity index (χ3v) is 3.98. The lowest BCUT2D eigenvalue weighted by Crippen LogP contribution is -2.00. The van der Waals surface area contributed by atoms with E-state index in [0.717, 1.165) is 11.8 Å². The number of benzene rings is 1. The summed E-state index contributed by atoms with van der Waals surface area (Å²) in [5.74, 6) is 0. The van der Waals surface area contributed by atoms with Gasteiger partial charge in [-0.15, -0.1) is 5.10 Å². The SMILES string of the molecule is N#Cc1nc(Sc2nnnn2-c2ccc(Cl)cc2)ccc1[N+](=O)[O-]. The van der Waals surface area contributed by atoms with Crippen LogP contribution in [0, 0.1) is 21.4 Å². The van der Waals surface area contributed by atoms with Crippen molar-refractivity contribution >= 4 is 29.1 Å². The molecule has 3 aromatic rings. The van der Waals surface area contributed by atoms with Gasteiger partial charge < -0.3 is 0 Å². The molecular formula is C13H6ClN7O2S. The summed E-state index contributed by atoms with van der Waals surface area (Å²) in [7, 11) is 0. The van der Waals surface area contributed by atoms with Crippen molar-refractivity contribution in [2.45, 2.75) is 10.2 Å². The molecule has 9 nitrogen and oxygen atoms in total. The number of aromatic nitrogens is 5. The summed E-state index contributed by atoms with van der Waals surface area (Å²) in [6, 6.07) is 11.3. The Morgan fingerprint density at radius 1 is 1.25 bits per heavy atom. The zero-order chi connectivity index (χ0) is 17.1. The highest BCUT2D eigenvalue weighted by molar-refractivity contribution is 7.99. The van der Waals surface area contributed by atoms with Gasteiger partial charge in [0.25, 0.3) is 0 Å². The van der Waals surface area contributed by atoms with Gasteiger partial charge in [-0.3, -0.25) is 10.1 Å². The summed E-state index contributed by atoms with van der Waals surface area (Å²) in [5, 5.41) is 32.6. The third-order valence-electron chi connectivity index (χ3n) is 2.86. The monoisotopic (exact) mass is 359 g/mol. The van der Waals surface area contributed by atoms with Crippen LogP contribution in [0.15, 0.2) is 46.6 Å². The molecule has 0 saturated heterocycles. The van der Waals surface area contributed by atoms with Crippen LogP contribution in [0.1, 0.15) is 5.69 Å². The highest BCUT2D eigenvalue weighted by atomic mass is 35.5. The predicted molar refractivity (Wildman–Crippen MR) is 83.9 cm³/mol. The van der Waals surface area contributed by atoms with E-state index in [9.17, 15) is 10.1 Å². The maximum Gasteiger partial charge on any atom is 0.305 e. The Morgan fingerprint density at radius 2 is 2.00 bits per heavy atom. The van der Waals surface area contributed by atoms with E-state index in [1.165, 1.54) is 16.8 Å². The van der Waals surface area contributed by atoms with Gasteiger partial charge in [0.2, 0.25) is 10.9 Å². The molecule has 0 spiro atoms. The number of hydrogen-bond acceptors (Lipinski definition) is 8. The van der Waals surface area contributed by atoms with E-state index in [1.54, 1.807) is 30.3 Å². The molecular weight excluding hydrogens is 354 g/mol. The lowest BCUT2D eigenvalue weighted by atomic mass is 10.3. The maximum absolute atomic E-state index is 10.8. The number of hydrogen-bond donors (Lipinski definition) is 0. The predicted octanol–water partition coefficient (Wildman–Crippen LogP) is 2.64. The minimum absolute atomic E-state index is 0.268. The molecule has 11 heteroatoms. The molecule has 2 aromatic heterocycles. The van der Waals surface area contributed by atoms with Crippen molar-refractivity contribution in [1.82, 2.24) is 25.2 Å². The average Bonchev–Trinajstić information content (AvgIpc) is 3.03. The molecule has 0 radical (unpaired) electrons. The molecule has 0 aliphatic carbocycles. The standard InChI is InChI=1S/C13H6ClN7O2S/c14-8-1-3-9(4-2-8)20-13(17-18-19-20)24-12-6-5-11(21(22)23)10(7-15)16-12/h1-6H. The summed E-state index contributed by atoms with van der Waals surface area (Å²) in [6.07, 6.45) is 0. The van der Waals surface area contributed by atoms with Crippen LogP contribution in [0.4, 0.5) is 5.69 Å². The van der Waals surface area contributed by atoms with Crippen LogP contribution >= 0.6 is 23.4 Å². The number of nitrogens with zero attached hydrogens (tertiary/aromatic N) is 7. The molecule has 0 fully saturated rings. The number of nitriles is 1. The van der Waals surface area contributed by atoms with Gasteiger partial charge in [0.1, 0.15) is 11.1 Å². The summed E-state index contributed by atoms with van der Waals surface area (Å²) < 4.78 is 1.47. The molecule has 0 aliphatic rings. The molecule has 2 heterocycles. The molecule has 0 aliphatic heterocycles. The number of nitro groups is 1. The lowest BCUT2D eigenvalue weighted by Gasteiger charge is -2.04. The van der Waals surface area contributed by atoms with Gasteiger partial charge in [-0.25, -0.2) is 4.98 Å². The zero-order valence-corrected chi connectivity index (χ0v) is 13.3. The fourth-order valence-corrected chi connectivity index (χ4v) is 2.69. The Hall–Kier alpha value is -3.03. The van der Waals surface area contributed by atoms with Crippen LogP contribution in [0.25, 0.3) is 5.69 Å². The molecule has 0 N–H and O–H groups in total. The average molecular weight is 360 g/mol. The summed E-state index contributed by atoms with van der Waals surface area (Å²) in [5.41, 5.74) is 0.0731. The van der Waals surface area contributed by atoms with Crippen molar-refractivity contribution in [2.24, 2.45) is 0 Å². The molecule has 0 bridgehead atoms. The number of pyridine rings is 1. The Balaban J connectivity index is 1.93. The highest BCUT2D eigenvalue weighted by Crippen LogP contribution is 2.28. The normalized spacial score (nSPS) is 10.3. The molecule has 0 atom stereocenters. The number of rotatable bonds is 4. The van der Waals surface area contributed by atoms with Crippen molar-refractivity contribution in [1.29, 1.82) is 5.26 Å². The van der Waals surface area contributed by atoms with Gasteiger partial charge >= 0.3 is 5.69 Å². The quantitative estimate of drug-likeness (QED) is 0.514. The lowest BCUT2D eigenvalue weighted by molar-refractivity contribution is -0.385. The van der Waals surface area contributed by atoms with Crippen molar-refractivity contribution < 1.29 is 4.92 Å².